The number of amides is 1. The molecular formula is C17H29NO7. The first-order valence-corrected chi connectivity index (χ1v) is 8.22. The van der Waals surface area contributed by atoms with Crippen LogP contribution in [0, 0.1) is 0 Å². The summed E-state index contributed by atoms with van der Waals surface area (Å²) in [6.07, 6.45) is 0.250. The highest BCUT2D eigenvalue weighted by Gasteiger charge is 2.38. The van der Waals surface area contributed by atoms with Crippen molar-refractivity contribution in [1.82, 2.24) is 5.32 Å². The van der Waals surface area contributed by atoms with Crippen LogP contribution in [0.2, 0.25) is 0 Å². The molecule has 1 amide bonds. The lowest BCUT2D eigenvalue weighted by atomic mass is 9.90. The molecule has 0 fully saturated rings. The van der Waals surface area contributed by atoms with Gasteiger partial charge in [0, 0.05) is 26.2 Å². The van der Waals surface area contributed by atoms with Crippen molar-refractivity contribution in [2.75, 3.05) is 27.6 Å². The van der Waals surface area contributed by atoms with E-state index in [2.05, 4.69) is 5.32 Å². The number of carbonyl (C=O) groups is 2. The Morgan fingerprint density at radius 1 is 1.28 bits per heavy atom. The summed E-state index contributed by atoms with van der Waals surface area (Å²) in [7, 11) is 3.00. The van der Waals surface area contributed by atoms with Gasteiger partial charge in [-0.25, -0.2) is 9.59 Å². The Kier molecular flexibility index (Phi) is 8.34. The van der Waals surface area contributed by atoms with Crippen LogP contribution < -0.4 is 5.32 Å². The summed E-state index contributed by atoms with van der Waals surface area (Å²) in [4.78, 5) is 24.2. The molecule has 1 N–H and O–H groups in total. The fraction of sp³-hybridized carbons (Fsp3) is 0.765. The maximum Gasteiger partial charge on any atom is 0.408 e. The first-order valence-electron chi connectivity index (χ1n) is 8.22. The number of esters is 1. The van der Waals surface area contributed by atoms with E-state index < -0.39 is 35.9 Å². The molecule has 0 saturated carbocycles. The summed E-state index contributed by atoms with van der Waals surface area (Å²) in [6, 6.07) is -0.534. The van der Waals surface area contributed by atoms with Crippen LogP contribution in [0.1, 0.15) is 34.1 Å². The number of hydrogen-bond acceptors (Lipinski definition) is 7. The van der Waals surface area contributed by atoms with Crippen LogP contribution in [-0.2, 0) is 28.5 Å². The van der Waals surface area contributed by atoms with Crippen molar-refractivity contribution in [2.45, 2.75) is 58.0 Å². The first kappa shape index (κ1) is 21.4. The van der Waals surface area contributed by atoms with Gasteiger partial charge in [0.1, 0.15) is 18.5 Å². The van der Waals surface area contributed by atoms with E-state index in [4.69, 9.17) is 23.7 Å². The Bertz CT molecular complexity index is 484. The van der Waals surface area contributed by atoms with Crippen molar-refractivity contribution in [3.05, 3.63) is 11.6 Å². The van der Waals surface area contributed by atoms with E-state index in [1.807, 2.05) is 0 Å². The van der Waals surface area contributed by atoms with Crippen molar-refractivity contribution < 1.29 is 33.3 Å². The molecule has 144 valence electrons. The summed E-state index contributed by atoms with van der Waals surface area (Å²) in [6.45, 7) is 7.34. The molecule has 0 aromatic rings. The Morgan fingerprint density at radius 3 is 2.48 bits per heavy atom. The van der Waals surface area contributed by atoms with Gasteiger partial charge in [-0.3, -0.25) is 0 Å². The number of carbonyl (C=O) groups excluding carboxylic acids is 2. The van der Waals surface area contributed by atoms with Crippen LogP contribution >= 0.6 is 0 Å². The zero-order chi connectivity index (χ0) is 19.0. The Balaban J connectivity index is 2.97. The van der Waals surface area contributed by atoms with Crippen LogP contribution in [0.4, 0.5) is 4.79 Å². The Morgan fingerprint density at radius 2 is 1.96 bits per heavy atom. The molecule has 8 heteroatoms. The largest absolute Gasteiger partial charge is 0.463 e. The molecule has 0 aromatic heterocycles. The van der Waals surface area contributed by atoms with E-state index in [1.165, 1.54) is 14.2 Å². The fourth-order valence-corrected chi connectivity index (χ4v) is 2.45. The second-order valence-electron chi connectivity index (χ2n) is 6.60. The lowest BCUT2D eigenvalue weighted by Crippen LogP contribution is -2.55. The topological polar surface area (TPSA) is 92.3 Å². The third kappa shape index (κ3) is 7.01. The van der Waals surface area contributed by atoms with Crippen LogP contribution in [0.25, 0.3) is 0 Å². The highest BCUT2D eigenvalue weighted by atomic mass is 16.7. The predicted octanol–water partition coefficient (Wildman–Crippen LogP) is 1.78. The summed E-state index contributed by atoms with van der Waals surface area (Å²) in [5.74, 6) is -0.425. The molecule has 1 aliphatic carbocycles. The number of alkyl carbamates (subject to hydrolysis) is 1. The maximum absolute atomic E-state index is 12.1. The molecule has 8 nitrogen and oxygen atoms in total. The van der Waals surface area contributed by atoms with Crippen molar-refractivity contribution in [2.24, 2.45) is 0 Å². The number of hydrogen-bond donors (Lipinski definition) is 1. The first-order chi connectivity index (χ1) is 11.7. The minimum absolute atomic E-state index is 0.000203. The molecule has 1 rings (SSSR count). The van der Waals surface area contributed by atoms with Gasteiger partial charge in [-0.15, -0.1) is 0 Å². The molecule has 3 atom stereocenters. The number of rotatable bonds is 7. The second kappa shape index (κ2) is 9.74. The number of ether oxygens (including phenoxy) is 5. The van der Waals surface area contributed by atoms with Gasteiger partial charge < -0.3 is 29.0 Å². The van der Waals surface area contributed by atoms with Gasteiger partial charge in [0.2, 0.25) is 0 Å². The van der Waals surface area contributed by atoms with Crippen LogP contribution in [0.3, 0.4) is 0 Å². The van der Waals surface area contributed by atoms with Crippen molar-refractivity contribution in [3.8, 4) is 0 Å². The molecule has 0 unspecified atom stereocenters. The molecule has 0 saturated heterocycles. The van der Waals surface area contributed by atoms with Crippen molar-refractivity contribution >= 4 is 12.1 Å². The van der Waals surface area contributed by atoms with Gasteiger partial charge in [-0.1, -0.05) is 0 Å². The van der Waals surface area contributed by atoms with E-state index in [-0.39, 0.29) is 13.4 Å². The molecule has 0 heterocycles. The number of methoxy groups -OCH3 is 2. The molecule has 0 bridgehead atoms. The SMILES string of the molecule is CCOC(=O)C1=C[C@@H](OCOC)[C@H](NC(=O)OC(C)(C)C)[C@@H](OC)C1. The van der Waals surface area contributed by atoms with Crippen molar-refractivity contribution in [3.63, 3.8) is 0 Å². The summed E-state index contributed by atoms with van der Waals surface area (Å²) in [5, 5.41) is 2.76. The summed E-state index contributed by atoms with van der Waals surface area (Å²) >= 11 is 0. The fourth-order valence-electron chi connectivity index (χ4n) is 2.45. The Labute approximate surface area is 148 Å². The average molecular weight is 359 g/mol. The smallest absolute Gasteiger partial charge is 0.408 e. The molecule has 1 aliphatic rings. The van der Waals surface area contributed by atoms with E-state index in [1.54, 1.807) is 33.8 Å². The highest BCUT2D eigenvalue weighted by Crippen LogP contribution is 2.25. The van der Waals surface area contributed by atoms with Gasteiger partial charge >= 0.3 is 12.1 Å². The van der Waals surface area contributed by atoms with Gasteiger partial charge in [-0.05, 0) is 33.8 Å². The molecule has 0 spiro atoms. The summed E-state index contributed by atoms with van der Waals surface area (Å²) < 4.78 is 26.4. The quantitative estimate of drug-likeness (QED) is 0.547. The van der Waals surface area contributed by atoms with E-state index in [9.17, 15) is 9.59 Å². The third-order valence-corrected chi connectivity index (χ3v) is 3.44. The van der Waals surface area contributed by atoms with Crippen LogP contribution in [0.15, 0.2) is 11.6 Å². The maximum atomic E-state index is 12.1. The van der Waals surface area contributed by atoms with Gasteiger partial charge in [0.25, 0.3) is 0 Å². The third-order valence-electron chi connectivity index (χ3n) is 3.44. The van der Waals surface area contributed by atoms with E-state index in [0.29, 0.717) is 12.0 Å². The van der Waals surface area contributed by atoms with Crippen LogP contribution in [-0.4, -0.2) is 63.5 Å². The lowest BCUT2D eigenvalue weighted by molar-refractivity contribution is -0.140. The minimum Gasteiger partial charge on any atom is -0.463 e. The molecule has 0 radical (unpaired) electrons. The van der Waals surface area contributed by atoms with Gasteiger partial charge in [0.05, 0.1) is 18.8 Å². The zero-order valence-corrected chi connectivity index (χ0v) is 15.8. The standard InChI is InChI=1S/C17H29NO7/c1-7-23-15(19)11-8-12(22-6)14(13(9-11)24-10-21-5)18-16(20)25-17(2,3)4/h9,12-14H,7-8,10H2,1-6H3,(H,18,20)/t12-,13+,14+/m0/s1. The van der Waals surface area contributed by atoms with E-state index >= 15 is 0 Å². The normalized spacial score (nSPS) is 23.6. The molecule has 0 aromatic carbocycles. The van der Waals surface area contributed by atoms with E-state index in [0.717, 1.165) is 0 Å². The molecule has 0 aliphatic heterocycles. The van der Waals surface area contributed by atoms with Gasteiger partial charge in [-0.2, -0.15) is 0 Å². The second-order valence-corrected chi connectivity index (χ2v) is 6.60. The number of nitrogens with one attached hydrogen (secondary N) is 1. The van der Waals surface area contributed by atoms with Crippen molar-refractivity contribution in [1.29, 1.82) is 0 Å². The average Bonchev–Trinajstić information content (AvgIpc) is 2.51. The van der Waals surface area contributed by atoms with Crippen LogP contribution in [0.5, 0.6) is 0 Å². The monoisotopic (exact) mass is 359 g/mol. The summed E-state index contributed by atoms with van der Waals surface area (Å²) in [5.41, 5.74) is -0.187. The minimum atomic E-state index is -0.629. The predicted molar refractivity (Wildman–Crippen MR) is 90.0 cm³/mol. The zero-order valence-electron chi connectivity index (χ0n) is 15.8. The lowest BCUT2D eigenvalue weighted by Gasteiger charge is -2.36. The molecular weight excluding hydrogens is 330 g/mol. The molecule has 25 heavy (non-hydrogen) atoms. The highest BCUT2D eigenvalue weighted by molar-refractivity contribution is 5.89. The Hall–Kier alpha value is -1.64. The van der Waals surface area contributed by atoms with Gasteiger partial charge in [0.15, 0.2) is 0 Å².